The van der Waals surface area contributed by atoms with Gasteiger partial charge in [0.1, 0.15) is 0 Å². The molecule has 0 amide bonds. The van der Waals surface area contributed by atoms with Crippen LogP contribution in [0, 0.1) is 0 Å². The Labute approximate surface area is 72.9 Å². The van der Waals surface area contributed by atoms with Crippen molar-refractivity contribution < 1.29 is 4.39 Å². The van der Waals surface area contributed by atoms with E-state index >= 15 is 0 Å². The van der Waals surface area contributed by atoms with Crippen LogP contribution in [0.4, 0.5) is 4.39 Å². The quantitative estimate of drug-likeness (QED) is 0.586. The summed E-state index contributed by atoms with van der Waals surface area (Å²) in [6, 6.07) is 0.427. The van der Waals surface area contributed by atoms with Gasteiger partial charge in [-0.3, -0.25) is 4.90 Å². The minimum Gasteiger partial charge on any atom is -0.320 e. The van der Waals surface area contributed by atoms with Crippen molar-refractivity contribution in [2.75, 3.05) is 19.9 Å². The lowest BCUT2D eigenvalue weighted by atomic mass is 10.3. The van der Waals surface area contributed by atoms with Gasteiger partial charge in [0.25, 0.3) is 6.09 Å². The highest BCUT2D eigenvalue weighted by Gasteiger charge is 2.20. The van der Waals surface area contributed by atoms with Crippen molar-refractivity contribution in [3.63, 3.8) is 0 Å². The molecule has 0 saturated heterocycles. The van der Waals surface area contributed by atoms with Gasteiger partial charge in [0.05, 0.1) is 13.3 Å². The molecule has 0 saturated carbocycles. The summed E-state index contributed by atoms with van der Waals surface area (Å²) in [5, 5.41) is 0. The van der Waals surface area contributed by atoms with E-state index in [2.05, 4.69) is 23.7 Å². The lowest BCUT2D eigenvalue weighted by Crippen LogP contribution is -2.47. The Morgan fingerprint density at radius 3 is 2.75 bits per heavy atom. The van der Waals surface area contributed by atoms with E-state index < -0.39 is 0 Å². The molecule has 1 aliphatic rings. The number of hydrogen-bond acceptors (Lipinski definition) is 3. The van der Waals surface area contributed by atoms with Gasteiger partial charge >= 0.3 is 0 Å². The standard InChI is InChI=1S/C8H16FN3/c1-4-11-6-12(7(2)3)5-10-8(11)9/h7H,4-6H2,1-3H3. The molecule has 1 rings (SSSR count). The number of nitrogens with zero attached hydrogens (tertiary/aromatic N) is 3. The van der Waals surface area contributed by atoms with Crippen molar-refractivity contribution in [1.82, 2.24) is 9.80 Å². The second-order valence-electron chi connectivity index (χ2n) is 3.25. The topological polar surface area (TPSA) is 18.8 Å². The fourth-order valence-electron chi connectivity index (χ4n) is 1.13. The van der Waals surface area contributed by atoms with E-state index in [1.54, 1.807) is 4.90 Å². The lowest BCUT2D eigenvalue weighted by molar-refractivity contribution is 0.131. The molecule has 1 aliphatic heterocycles. The van der Waals surface area contributed by atoms with Crippen molar-refractivity contribution in [1.29, 1.82) is 0 Å². The van der Waals surface area contributed by atoms with Crippen molar-refractivity contribution >= 4 is 6.09 Å². The normalized spacial score (nSPS) is 20.1. The molecule has 0 bridgehead atoms. The van der Waals surface area contributed by atoms with E-state index in [0.29, 0.717) is 25.9 Å². The first-order chi connectivity index (χ1) is 5.65. The maximum absolute atomic E-state index is 12.9. The molecule has 70 valence electrons. The van der Waals surface area contributed by atoms with Gasteiger partial charge in [-0.05, 0) is 20.8 Å². The van der Waals surface area contributed by atoms with Gasteiger partial charge in [0, 0.05) is 12.6 Å². The van der Waals surface area contributed by atoms with Gasteiger partial charge in [0.15, 0.2) is 0 Å². The fourth-order valence-corrected chi connectivity index (χ4v) is 1.13. The molecule has 0 aromatic heterocycles. The highest BCUT2D eigenvalue weighted by molar-refractivity contribution is 5.72. The third-order valence-electron chi connectivity index (χ3n) is 2.11. The van der Waals surface area contributed by atoms with Crippen molar-refractivity contribution in [2.24, 2.45) is 4.99 Å². The maximum atomic E-state index is 12.9. The van der Waals surface area contributed by atoms with Gasteiger partial charge in [0.2, 0.25) is 0 Å². The van der Waals surface area contributed by atoms with E-state index in [9.17, 15) is 4.39 Å². The highest BCUT2D eigenvalue weighted by Crippen LogP contribution is 2.08. The largest absolute Gasteiger partial charge is 0.320 e. The molecule has 4 heteroatoms. The molecule has 3 nitrogen and oxygen atoms in total. The summed E-state index contributed by atoms with van der Waals surface area (Å²) in [5.74, 6) is 0. The maximum Gasteiger partial charge on any atom is 0.282 e. The Morgan fingerprint density at radius 1 is 1.58 bits per heavy atom. The van der Waals surface area contributed by atoms with Crippen molar-refractivity contribution in [3.8, 4) is 0 Å². The minimum atomic E-state index is -0.325. The van der Waals surface area contributed by atoms with Crippen molar-refractivity contribution in [2.45, 2.75) is 26.8 Å². The molecule has 0 spiro atoms. The minimum absolute atomic E-state index is 0.325. The number of amidine groups is 1. The Balaban J connectivity index is 2.58. The second-order valence-corrected chi connectivity index (χ2v) is 3.25. The first-order valence-electron chi connectivity index (χ1n) is 4.34. The van der Waals surface area contributed by atoms with Gasteiger partial charge in [-0.25, -0.2) is 4.99 Å². The van der Waals surface area contributed by atoms with E-state index in [1.165, 1.54) is 0 Å². The summed E-state index contributed by atoms with van der Waals surface area (Å²) in [6.07, 6.45) is -0.325. The second kappa shape index (κ2) is 3.85. The van der Waals surface area contributed by atoms with E-state index in [1.807, 2.05) is 6.92 Å². The number of rotatable bonds is 2. The van der Waals surface area contributed by atoms with Crippen LogP contribution < -0.4 is 0 Å². The van der Waals surface area contributed by atoms with Gasteiger partial charge in [-0.1, -0.05) is 0 Å². The Bertz CT molecular complexity index is 179. The number of hydrogen-bond donors (Lipinski definition) is 0. The molecule has 0 aromatic rings. The number of aliphatic imine (C=N–C) groups is 1. The average molecular weight is 173 g/mol. The van der Waals surface area contributed by atoms with Crippen LogP contribution in [0.1, 0.15) is 20.8 Å². The molecule has 0 fully saturated rings. The van der Waals surface area contributed by atoms with Crippen LogP contribution in [0.25, 0.3) is 0 Å². The summed E-state index contributed by atoms with van der Waals surface area (Å²) in [7, 11) is 0. The molecular formula is C8H16FN3. The van der Waals surface area contributed by atoms with Crippen LogP contribution >= 0.6 is 0 Å². The van der Waals surface area contributed by atoms with Crippen molar-refractivity contribution in [3.05, 3.63) is 0 Å². The molecule has 0 unspecified atom stereocenters. The highest BCUT2D eigenvalue weighted by atomic mass is 19.1. The van der Waals surface area contributed by atoms with Gasteiger partial charge < -0.3 is 4.90 Å². The SMILES string of the molecule is CCN1CN(C(C)C)CN=C1F. The third kappa shape index (κ3) is 1.94. The third-order valence-corrected chi connectivity index (χ3v) is 2.11. The number of halogens is 1. The monoisotopic (exact) mass is 173 g/mol. The van der Waals surface area contributed by atoms with Crippen LogP contribution in [0.5, 0.6) is 0 Å². The molecule has 0 N–H and O–H groups in total. The first-order valence-corrected chi connectivity index (χ1v) is 4.34. The van der Waals surface area contributed by atoms with E-state index in [4.69, 9.17) is 0 Å². The summed E-state index contributed by atoms with van der Waals surface area (Å²) in [5.41, 5.74) is 0. The Morgan fingerprint density at radius 2 is 2.25 bits per heavy atom. The van der Waals surface area contributed by atoms with Gasteiger partial charge in [-0.15, -0.1) is 0 Å². The van der Waals surface area contributed by atoms with Crippen LogP contribution in [0.3, 0.4) is 0 Å². The summed E-state index contributed by atoms with van der Waals surface area (Å²) in [4.78, 5) is 7.53. The molecular weight excluding hydrogens is 157 g/mol. The summed E-state index contributed by atoms with van der Waals surface area (Å²) < 4.78 is 12.9. The van der Waals surface area contributed by atoms with Crippen LogP contribution in [-0.4, -0.2) is 41.8 Å². The van der Waals surface area contributed by atoms with Crippen LogP contribution in [0.15, 0.2) is 4.99 Å². The molecule has 0 radical (unpaired) electrons. The van der Waals surface area contributed by atoms with E-state index in [0.717, 1.165) is 0 Å². The molecule has 1 heterocycles. The van der Waals surface area contributed by atoms with Crippen LogP contribution in [-0.2, 0) is 0 Å². The smallest absolute Gasteiger partial charge is 0.282 e. The van der Waals surface area contributed by atoms with Gasteiger partial charge in [-0.2, -0.15) is 4.39 Å². The Hall–Kier alpha value is -0.640. The predicted molar refractivity (Wildman–Crippen MR) is 47.6 cm³/mol. The Kier molecular flexibility index (Phi) is 3.03. The van der Waals surface area contributed by atoms with E-state index in [-0.39, 0.29) is 6.09 Å². The lowest BCUT2D eigenvalue weighted by Gasteiger charge is -2.34. The zero-order valence-electron chi connectivity index (χ0n) is 7.92. The first kappa shape index (κ1) is 9.45. The average Bonchev–Trinajstić information content (AvgIpc) is 2.05. The predicted octanol–water partition coefficient (Wildman–Crippen LogP) is 1.27. The molecule has 0 aromatic carbocycles. The van der Waals surface area contributed by atoms with Crippen LogP contribution in [0.2, 0.25) is 0 Å². The molecule has 0 aliphatic carbocycles. The molecule has 0 atom stereocenters. The summed E-state index contributed by atoms with van der Waals surface area (Å²) in [6.45, 7) is 7.93. The zero-order valence-corrected chi connectivity index (χ0v) is 7.92. The summed E-state index contributed by atoms with van der Waals surface area (Å²) >= 11 is 0. The fraction of sp³-hybridized carbons (Fsp3) is 0.875. The molecule has 12 heavy (non-hydrogen) atoms. The zero-order chi connectivity index (χ0) is 9.14.